The van der Waals surface area contributed by atoms with Crippen molar-refractivity contribution in [1.29, 1.82) is 0 Å². The van der Waals surface area contributed by atoms with E-state index in [1.165, 1.54) is 12.4 Å². The largest absolute Gasteiger partial charge is 0.365 e. The van der Waals surface area contributed by atoms with Crippen molar-refractivity contribution in [1.82, 2.24) is 19.9 Å². The third kappa shape index (κ3) is 3.44. The molecular formula is C14H10F2IN5O. The van der Waals surface area contributed by atoms with Gasteiger partial charge in [-0.15, -0.1) is 0 Å². The van der Waals surface area contributed by atoms with E-state index in [-0.39, 0.29) is 18.1 Å². The minimum absolute atomic E-state index is 0.0578. The number of fused-ring (bicyclic) bond motifs is 1. The van der Waals surface area contributed by atoms with Gasteiger partial charge in [0.05, 0.1) is 5.39 Å². The Morgan fingerprint density at radius 2 is 1.96 bits per heavy atom. The highest BCUT2D eigenvalue weighted by molar-refractivity contribution is 14.1. The first-order chi connectivity index (χ1) is 10.9. The van der Waals surface area contributed by atoms with Crippen LogP contribution in [0.5, 0.6) is 0 Å². The Kier molecular flexibility index (Phi) is 4.20. The number of nitrogens with zero attached hydrogens (tertiary/aromatic N) is 3. The van der Waals surface area contributed by atoms with Gasteiger partial charge in [0, 0.05) is 41.5 Å². The van der Waals surface area contributed by atoms with Gasteiger partial charge >= 0.3 is 9.62 Å². The molecule has 0 radical (unpaired) electrons. The minimum atomic E-state index is -3.08. The third-order valence-corrected chi connectivity index (χ3v) is 3.62. The first kappa shape index (κ1) is 15.7. The number of nitrogens with one attached hydrogen (secondary N) is 2. The van der Waals surface area contributed by atoms with Crippen molar-refractivity contribution >= 4 is 39.4 Å². The van der Waals surface area contributed by atoms with E-state index in [0.29, 0.717) is 16.6 Å². The Morgan fingerprint density at radius 3 is 2.74 bits per heavy atom. The fourth-order valence-electron chi connectivity index (χ4n) is 2.14. The van der Waals surface area contributed by atoms with E-state index in [4.69, 9.17) is 0 Å². The molecule has 0 aromatic carbocycles. The van der Waals surface area contributed by atoms with E-state index >= 15 is 0 Å². The molecule has 0 aliphatic rings. The Labute approximate surface area is 142 Å². The maximum atomic E-state index is 13.6. The summed E-state index contributed by atoms with van der Waals surface area (Å²) in [6.45, 7) is 0.0578. The van der Waals surface area contributed by atoms with Crippen LogP contribution < -0.4 is 11.0 Å². The minimum Gasteiger partial charge on any atom is -0.365 e. The van der Waals surface area contributed by atoms with Crippen molar-refractivity contribution in [2.45, 2.75) is 10.5 Å². The topological polar surface area (TPSA) is 83.6 Å². The van der Waals surface area contributed by atoms with Crippen LogP contribution in [0.2, 0.25) is 0 Å². The van der Waals surface area contributed by atoms with Crippen LogP contribution in [-0.4, -0.2) is 19.9 Å². The standard InChI is InChI=1S/C14H10F2IN5O/c15-14(16,17)10-8(3-1-5-18-10)7-20-12-9-4-2-6-19-11(9)21-13(23)22-12/h1-6H,7H2,(H2,19,20,21,22,23). The molecule has 0 bridgehead atoms. The third-order valence-electron chi connectivity index (χ3n) is 3.11. The Hall–Kier alpha value is -2.17. The monoisotopic (exact) mass is 429 g/mol. The lowest BCUT2D eigenvalue weighted by Gasteiger charge is -2.14. The molecule has 0 aliphatic carbocycles. The number of hydrogen-bond acceptors (Lipinski definition) is 5. The highest BCUT2D eigenvalue weighted by Crippen LogP contribution is 2.35. The van der Waals surface area contributed by atoms with Crippen LogP contribution in [0.15, 0.2) is 41.5 Å². The van der Waals surface area contributed by atoms with Crippen molar-refractivity contribution in [3.8, 4) is 0 Å². The second-order valence-corrected chi connectivity index (χ2v) is 6.01. The molecule has 118 valence electrons. The van der Waals surface area contributed by atoms with Crippen LogP contribution in [0.3, 0.4) is 0 Å². The van der Waals surface area contributed by atoms with Gasteiger partial charge in [-0.25, -0.2) is 9.78 Å². The van der Waals surface area contributed by atoms with Crippen LogP contribution in [0.1, 0.15) is 11.3 Å². The highest BCUT2D eigenvalue weighted by atomic mass is 127. The highest BCUT2D eigenvalue weighted by Gasteiger charge is 2.31. The van der Waals surface area contributed by atoms with Crippen molar-refractivity contribution < 1.29 is 8.78 Å². The predicted octanol–water partition coefficient (Wildman–Crippen LogP) is 2.81. The van der Waals surface area contributed by atoms with Gasteiger partial charge in [0.1, 0.15) is 17.2 Å². The van der Waals surface area contributed by atoms with Gasteiger partial charge in [-0.1, -0.05) is 6.07 Å². The van der Waals surface area contributed by atoms with Crippen LogP contribution in [0.4, 0.5) is 14.6 Å². The number of aromatic amines is 1. The second kappa shape index (κ2) is 6.14. The normalized spacial score (nSPS) is 11.6. The number of rotatable bonds is 4. The molecule has 23 heavy (non-hydrogen) atoms. The van der Waals surface area contributed by atoms with Gasteiger partial charge in [0.2, 0.25) is 0 Å². The van der Waals surface area contributed by atoms with E-state index in [1.54, 1.807) is 24.3 Å². The molecule has 0 aliphatic heterocycles. The zero-order valence-electron chi connectivity index (χ0n) is 11.6. The zero-order chi connectivity index (χ0) is 16.4. The predicted molar refractivity (Wildman–Crippen MR) is 89.6 cm³/mol. The molecule has 0 atom stereocenters. The summed E-state index contributed by atoms with van der Waals surface area (Å²) >= 11 is 1.04. The summed E-state index contributed by atoms with van der Waals surface area (Å²) in [5.74, 6) is 0.281. The molecule has 0 saturated heterocycles. The number of aromatic nitrogens is 4. The molecule has 0 saturated carbocycles. The number of hydrogen-bond donors (Lipinski definition) is 2. The van der Waals surface area contributed by atoms with Gasteiger partial charge in [-0.3, -0.25) is 9.97 Å². The maximum Gasteiger partial charge on any atom is 0.348 e. The van der Waals surface area contributed by atoms with Gasteiger partial charge in [0.25, 0.3) is 0 Å². The summed E-state index contributed by atoms with van der Waals surface area (Å²) in [7, 11) is 0. The van der Waals surface area contributed by atoms with Crippen LogP contribution in [0.25, 0.3) is 11.0 Å². The summed E-state index contributed by atoms with van der Waals surface area (Å²) in [6.07, 6.45) is 2.86. The molecule has 3 aromatic rings. The average Bonchev–Trinajstić information content (AvgIpc) is 2.52. The second-order valence-electron chi connectivity index (χ2n) is 4.65. The Morgan fingerprint density at radius 1 is 1.22 bits per heavy atom. The van der Waals surface area contributed by atoms with Crippen LogP contribution >= 0.6 is 22.6 Å². The number of alkyl halides is 3. The van der Waals surface area contributed by atoms with Crippen molar-refractivity contribution in [2.75, 3.05) is 5.32 Å². The molecular weight excluding hydrogens is 419 g/mol. The van der Waals surface area contributed by atoms with Crippen LogP contribution in [-0.2, 0) is 10.5 Å². The molecule has 6 nitrogen and oxygen atoms in total. The molecule has 9 heteroatoms. The smallest absolute Gasteiger partial charge is 0.348 e. The van der Waals surface area contributed by atoms with Crippen LogP contribution in [0, 0.1) is 0 Å². The maximum absolute atomic E-state index is 13.6. The molecule has 3 rings (SSSR count). The van der Waals surface area contributed by atoms with E-state index < -0.39 is 9.62 Å². The Balaban J connectivity index is 1.95. The molecule has 0 unspecified atom stereocenters. The summed E-state index contributed by atoms with van der Waals surface area (Å²) in [5.41, 5.74) is -0.184. The lowest BCUT2D eigenvalue weighted by atomic mass is 10.2. The lowest BCUT2D eigenvalue weighted by molar-refractivity contribution is 0.121. The number of pyridine rings is 2. The zero-order valence-corrected chi connectivity index (χ0v) is 13.7. The van der Waals surface area contributed by atoms with Crippen molar-refractivity contribution in [2.24, 2.45) is 0 Å². The van der Waals surface area contributed by atoms with Gasteiger partial charge in [-0.05, 0) is 23.8 Å². The fraction of sp³-hybridized carbons (Fsp3) is 0.143. The molecule has 3 aromatic heterocycles. The summed E-state index contributed by atoms with van der Waals surface area (Å²) in [4.78, 5) is 25.7. The van der Waals surface area contributed by atoms with Gasteiger partial charge < -0.3 is 5.32 Å². The molecule has 3 heterocycles. The number of H-pyrrole nitrogens is 1. The average molecular weight is 429 g/mol. The van der Waals surface area contributed by atoms with E-state index in [0.717, 1.165) is 22.6 Å². The molecule has 0 spiro atoms. The van der Waals surface area contributed by atoms with Crippen molar-refractivity contribution in [3.63, 3.8) is 0 Å². The number of halogens is 3. The Bertz CT molecular complexity index is 909. The summed E-state index contributed by atoms with van der Waals surface area (Å²) in [6, 6.07) is 6.55. The van der Waals surface area contributed by atoms with Gasteiger partial charge in [-0.2, -0.15) is 13.8 Å². The molecule has 0 amide bonds. The van der Waals surface area contributed by atoms with E-state index in [1.807, 2.05) is 0 Å². The molecule has 2 N–H and O–H groups in total. The first-order valence-electron chi connectivity index (χ1n) is 6.55. The van der Waals surface area contributed by atoms with Gasteiger partial charge in [0.15, 0.2) is 0 Å². The SMILES string of the molecule is O=c1nc(NCc2cccnc2C(F)(F)I)c2cccnc2[nH]1. The first-order valence-corrected chi connectivity index (χ1v) is 7.63. The summed E-state index contributed by atoms with van der Waals surface area (Å²) < 4.78 is 24.1. The number of anilines is 1. The lowest BCUT2D eigenvalue weighted by Crippen LogP contribution is -2.16. The molecule has 0 fully saturated rings. The van der Waals surface area contributed by atoms with E-state index in [9.17, 15) is 13.6 Å². The fourth-order valence-corrected chi connectivity index (χ4v) is 2.62. The quantitative estimate of drug-likeness (QED) is 0.493. The summed E-state index contributed by atoms with van der Waals surface area (Å²) in [5, 5.41) is 3.51. The van der Waals surface area contributed by atoms with E-state index in [2.05, 4.69) is 25.3 Å². The van der Waals surface area contributed by atoms with Crippen molar-refractivity contribution in [3.05, 3.63) is 58.4 Å².